The number of nitrogens with one attached hydrogen (secondary N) is 1. The quantitative estimate of drug-likeness (QED) is 0.505. The Morgan fingerprint density at radius 2 is 2.05 bits per heavy atom. The lowest BCUT2D eigenvalue weighted by atomic mass is 10.3. The summed E-state index contributed by atoms with van der Waals surface area (Å²) in [6, 6.07) is 8.55. The summed E-state index contributed by atoms with van der Waals surface area (Å²) in [6.45, 7) is -0.0696. The van der Waals surface area contributed by atoms with E-state index in [2.05, 4.69) is 33.0 Å². The van der Waals surface area contributed by atoms with Crippen LogP contribution in [0.25, 0.3) is 0 Å². The van der Waals surface area contributed by atoms with Crippen LogP contribution in [0.3, 0.4) is 0 Å². The van der Waals surface area contributed by atoms with Crippen molar-refractivity contribution in [2.24, 2.45) is 0 Å². The van der Waals surface area contributed by atoms with Crippen molar-refractivity contribution < 1.29 is 9.72 Å². The zero-order valence-corrected chi connectivity index (χ0v) is 11.8. The zero-order chi connectivity index (χ0) is 13.8. The van der Waals surface area contributed by atoms with Crippen LogP contribution in [0.1, 0.15) is 0 Å². The second kappa shape index (κ2) is 5.78. The molecule has 7 nitrogen and oxygen atoms in total. The molecule has 0 radical (unpaired) electrons. The Morgan fingerprint density at radius 3 is 2.63 bits per heavy atom. The molecule has 2 rings (SSSR count). The summed E-state index contributed by atoms with van der Waals surface area (Å²) >= 11 is 2.17. The van der Waals surface area contributed by atoms with Gasteiger partial charge in [0.1, 0.15) is 6.54 Å². The highest BCUT2D eigenvalue weighted by Crippen LogP contribution is 2.11. The van der Waals surface area contributed by atoms with Gasteiger partial charge in [-0.1, -0.05) is 0 Å². The average Bonchev–Trinajstić information content (AvgIpc) is 2.80. The average molecular weight is 372 g/mol. The molecular weight excluding hydrogens is 363 g/mol. The molecule has 1 aromatic heterocycles. The largest absolute Gasteiger partial charge is 0.389 e. The highest BCUT2D eigenvalue weighted by Gasteiger charge is 2.13. The Labute approximate surface area is 121 Å². The maximum absolute atomic E-state index is 11.7. The molecule has 1 N–H and O–H groups in total. The van der Waals surface area contributed by atoms with Crippen LogP contribution in [0.4, 0.5) is 11.5 Å². The number of hydrogen-bond acceptors (Lipinski definition) is 4. The number of amides is 1. The van der Waals surface area contributed by atoms with Crippen LogP contribution in [-0.4, -0.2) is 20.6 Å². The van der Waals surface area contributed by atoms with Gasteiger partial charge in [0.2, 0.25) is 5.91 Å². The zero-order valence-electron chi connectivity index (χ0n) is 9.62. The Morgan fingerprint density at radius 1 is 1.37 bits per heavy atom. The molecule has 2 aromatic rings. The first-order valence-electron chi connectivity index (χ1n) is 5.28. The third kappa shape index (κ3) is 3.74. The van der Waals surface area contributed by atoms with Gasteiger partial charge in [0, 0.05) is 9.26 Å². The fourth-order valence-electron chi connectivity index (χ4n) is 1.42. The molecule has 0 aliphatic carbocycles. The fourth-order valence-corrected chi connectivity index (χ4v) is 1.78. The Hall–Kier alpha value is -1.97. The van der Waals surface area contributed by atoms with E-state index < -0.39 is 4.92 Å². The number of nitrogens with zero attached hydrogens (tertiary/aromatic N) is 3. The van der Waals surface area contributed by atoms with Crippen molar-refractivity contribution in [3.8, 4) is 0 Å². The molecule has 0 unspecified atom stereocenters. The van der Waals surface area contributed by atoms with Crippen molar-refractivity contribution >= 4 is 40.0 Å². The number of carbonyl (C=O) groups is 1. The Kier molecular flexibility index (Phi) is 4.10. The first kappa shape index (κ1) is 13.5. The normalized spacial score (nSPS) is 10.2. The summed E-state index contributed by atoms with van der Waals surface area (Å²) in [5, 5.41) is 16.8. The minimum Gasteiger partial charge on any atom is -0.358 e. The van der Waals surface area contributed by atoms with Gasteiger partial charge in [-0.2, -0.15) is 4.68 Å². The number of benzene rings is 1. The van der Waals surface area contributed by atoms with E-state index in [1.54, 1.807) is 12.1 Å². The summed E-state index contributed by atoms with van der Waals surface area (Å²) in [5.41, 5.74) is 0.673. The van der Waals surface area contributed by atoms with Crippen LogP contribution >= 0.6 is 22.6 Å². The molecule has 0 aliphatic rings. The molecule has 1 heterocycles. The van der Waals surface area contributed by atoms with Crippen LogP contribution in [0, 0.1) is 13.7 Å². The van der Waals surface area contributed by atoms with E-state index in [1.165, 1.54) is 16.9 Å². The summed E-state index contributed by atoms with van der Waals surface area (Å²) < 4.78 is 2.29. The van der Waals surface area contributed by atoms with E-state index in [0.717, 1.165) is 3.57 Å². The molecule has 98 valence electrons. The summed E-state index contributed by atoms with van der Waals surface area (Å²) in [5.74, 6) is -0.568. The number of aromatic nitrogens is 2. The second-order valence-electron chi connectivity index (χ2n) is 3.68. The van der Waals surface area contributed by atoms with Gasteiger partial charge in [-0.15, -0.1) is 0 Å². The molecule has 0 atom stereocenters. The molecule has 0 saturated heterocycles. The maximum Gasteiger partial charge on any atom is 0.389 e. The first-order valence-corrected chi connectivity index (χ1v) is 6.36. The van der Waals surface area contributed by atoms with Crippen molar-refractivity contribution in [1.82, 2.24) is 9.78 Å². The third-order valence-corrected chi connectivity index (χ3v) is 2.97. The number of halogens is 1. The van der Waals surface area contributed by atoms with Crippen molar-refractivity contribution in [2.75, 3.05) is 5.32 Å². The van der Waals surface area contributed by atoms with E-state index in [9.17, 15) is 14.9 Å². The van der Waals surface area contributed by atoms with Gasteiger partial charge in [-0.05, 0) is 51.8 Å². The number of rotatable bonds is 4. The lowest BCUT2D eigenvalue weighted by molar-refractivity contribution is -0.389. The first-order chi connectivity index (χ1) is 9.04. The van der Waals surface area contributed by atoms with Crippen molar-refractivity contribution in [3.63, 3.8) is 0 Å². The maximum atomic E-state index is 11.7. The number of hydrogen-bond donors (Lipinski definition) is 1. The third-order valence-electron chi connectivity index (χ3n) is 2.25. The predicted octanol–water partition coefficient (Wildman–Crippen LogP) is 2.03. The van der Waals surface area contributed by atoms with Gasteiger partial charge in [-0.3, -0.25) is 4.79 Å². The van der Waals surface area contributed by atoms with Crippen molar-refractivity contribution in [1.29, 1.82) is 0 Å². The van der Waals surface area contributed by atoms with Crippen LogP contribution in [0.2, 0.25) is 0 Å². The van der Waals surface area contributed by atoms with E-state index in [-0.39, 0.29) is 18.3 Å². The van der Waals surface area contributed by atoms with E-state index in [1.807, 2.05) is 12.1 Å². The molecule has 8 heteroatoms. The monoisotopic (exact) mass is 372 g/mol. The van der Waals surface area contributed by atoms with Crippen LogP contribution in [0.15, 0.2) is 36.5 Å². The smallest absolute Gasteiger partial charge is 0.358 e. The van der Waals surface area contributed by atoms with E-state index in [0.29, 0.717) is 5.69 Å². The van der Waals surface area contributed by atoms with Crippen LogP contribution in [0.5, 0.6) is 0 Å². The molecule has 1 aromatic carbocycles. The highest BCUT2D eigenvalue weighted by atomic mass is 127. The number of carbonyl (C=O) groups excluding carboxylic acids is 1. The number of anilines is 1. The molecule has 0 bridgehead atoms. The van der Waals surface area contributed by atoms with Crippen LogP contribution < -0.4 is 5.32 Å². The van der Waals surface area contributed by atoms with Crippen LogP contribution in [-0.2, 0) is 11.3 Å². The molecule has 0 fully saturated rings. The molecular formula is C11H9IN4O3. The summed E-state index contributed by atoms with van der Waals surface area (Å²) in [6.07, 6.45) is 1.39. The standard InChI is InChI=1S/C11H9IN4O3/c12-8-1-3-9(4-2-8)13-11(17)7-15-6-5-10(14-15)16(18)19/h1-6H,7H2,(H,13,17). The fraction of sp³-hybridized carbons (Fsp3) is 0.0909. The van der Waals surface area contributed by atoms with Crippen molar-refractivity contribution in [3.05, 3.63) is 50.2 Å². The SMILES string of the molecule is O=C(Cn1ccc([N+](=O)[O-])n1)Nc1ccc(I)cc1. The van der Waals surface area contributed by atoms with Gasteiger partial charge in [0.25, 0.3) is 0 Å². The minimum absolute atomic E-state index is 0.0696. The predicted molar refractivity (Wildman–Crippen MR) is 76.7 cm³/mol. The molecule has 1 amide bonds. The second-order valence-corrected chi connectivity index (χ2v) is 4.93. The summed E-state index contributed by atoms with van der Waals surface area (Å²) in [4.78, 5) is 21.6. The molecule has 0 spiro atoms. The highest BCUT2D eigenvalue weighted by molar-refractivity contribution is 14.1. The molecule has 0 saturated carbocycles. The Bertz CT molecular complexity index is 609. The summed E-state index contributed by atoms with van der Waals surface area (Å²) in [7, 11) is 0. The molecule has 19 heavy (non-hydrogen) atoms. The topological polar surface area (TPSA) is 90.1 Å². The lowest BCUT2D eigenvalue weighted by Gasteiger charge is -2.03. The van der Waals surface area contributed by atoms with Gasteiger partial charge in [0.15, 0.2) is 0 Å². The minimum atomic E-state index is -0.604. The number of nitro groups is 1. The van der Waals surface area contributed by atoms with Gasteiger partial charge in [0.05, 0.1) is 17.4 Å². The van der Waals surface area contributed by atoms with E-state index >= 15 is 0 Å². The molecule has 0 aliphatic heterocycles. The van der Waals surface area contributed by atoms with Gasteiger partial charge < -0.3 is 15.4 Å². The van der Waals surface area contributed by atoms with Gasteiger partial charge in [-0.25, -0.2) is 0 Å². The Balaban J connectivity index is 1.97. The van der Waals surface area contributed by atoms with E-state index in [4.69, 9.17) is 0 Å². The van der Waals surface area contributed by atoms with Gasteiger partial charge >= 0.3 is 5.82 Å². The lowest BCUT2D eigenvalue weighted by Crippen LogP contribution is -2.19. The van der Waals surface area contributed by atoms with Crippen molar-refractivity contribution in [2.45, 2.75) is 6.54 Å².